The second kappa shape index (κ2) is 6.89. The second-order valence-electron chi connectivity index (χ2n) is 5.60. The molecule has 0 saturated carbocycles. The number of ether oxygens (including phenoxy) is 1. The van der Waals surface area contributed by atoms with Gasteiger partial charge in [0.25, 0.3) is 0 Å². The van der Waals surface area contributed by atoms with Crippen molar-refractivity contribution in [2.45, 2.75) is 25.2 Å². The van der Waals surface area contributed by atoms with Gasteiger partial charge in [0.05, 0.1) is 17.3 Å². The van der Waals surface area contributed by atoms with Crippen LogP contribution in [0.3, 0.4) is 0 Å². The topological polar surface area (TPSA) is 105 Å². The maximum atomic E-state index is 12.3. The highest BCUT2D eigenvalue weighted by Crippen LogP contribution is 2.22. The summed E-state index contributed by atoms with van der Waals surface area (Å²) in [6.07, 6.45) is 0.731. The zero-order valence-electron chi connectivity index (χ0n) is 12.5. The molecule has 0 aliphatic rings. The van der Waals surface area contributed by atoms with E-state index in [1.165, 1.54) is 18.2 Å². The van der Waals surface area contributed by atoms with Gasteiger partial charge in [-0.2, -0.15) is 5.26 Å². The van der Waals surface area contributed by atoms with E-state index in [2.05, 4.69) is 4.72 Å². The predicted molar refractivity (Wildman–Crippen MR) is 81.0 cm³/mol. The molecule has 0 amide bonds. The van der Waals surface area contributed by atoms with Crippen LogP contribution in [0.1, 0.15) is 25.8 Å². The molecule has 7 heteroatoms. The Balaban J connectivity index is 2.86. The van der Waals surface area contributed by atoms with E-state index in [9.17, 15) is 8.42 Å². The molecule has 0 atom stereocenters. The normalized spacial score (nSPS) is 12.1. The van der Waals surface area contributed by atoms with E-state index >= 15 is 0 Å². The minimum Gasteiger partial charge on any atom is -0.398 e. The van der Waals surface area contributed by atoms with Crippen LogP contribution in [-0.2, 0) is 14.8 Å². The number of nitriles is 1. The van der Waals surface area contributed by atoms with E-state index in [0.29, 0.717) is 12.2 Å². The maximum absolute atomic E-state index is 12.3. The average Bonchev–Trinajstić information content (AvgIpc) is 2.43. The fourth-order valence-electron chi connectivity index (χ4n) is 1.70. The van der Waals surface area contributed by atoms with Crippen LogP contribution in [0.2, 0.25) is 0 Å². The van der Waals surface area contributed by atoms with Gasteiger partial charge >= 0.3 is 0 Å². The van der Waals surface area contributed by atoms with E-state index in [1.807, 2.05) is 19.9 Å². The molecule has 116 valence electrons. The van der Waals surface area contributed by atoms with Crippen molar-refractivity contribution in [2.24, 2.45) is 5.41 Å². The highest BCUT2D eigenvalue weighted by atomic mass is 32.2. The van der Waals surface area contributed by atoms with Crippen molar-refractivity contribution >= 4 is 15.7 Å². The van der Waals surface area contributed by atoms with Gasteiger partial charge in [0.2, 0.25) is 10.0 Å². The Bertz CT molecular complexity index is 633. The standard InChI is InChI=1S/C14H21N3O3S/c1-14(2,6-7-20-3)10-17-21(18,19)13-5-4-11(9-15)8-12(13)16/h4-5,8,17H,6-7,10,16H2,1-3H3. The Kier molecular flexibility index (Phi) is 5.72. The van der Waals surface area contributed by atoms with Crippen LogP contribution in [0.15, 0.2) is 23.1 Å². The highest BCUT2D eigenvalue weighted by Gasteiger charge is 2.23. The summed E-state index contributed by atoms with van der Waals surface area (Å²) < 4.78 is 32.1. The number of sulfonamides is 1. The van der Waals surface area contributed by atoms with E-state index < -0.39 is 10.0 Å². The SMILES string of the molecule is COCCC(C)(C)CNS(=O)(=O)c1ccc(C#N)cc1N. The Hall–Kier alpha value is -1.62. The summed E-state index contributed by atoms with van der Waals surface area (Å²) in [4.78, 5) is -0.0101. The first-order chi connectivity index (χ1) is 9.72. The number of nitrogens with one attached hydrogen (secondary N) is 1. The fourth-order valence-corrected chi connectivity index (χ4v) is 3.05. The van der Waals surface area contributed by atoms with Crippen LogP contribution in [0, 0.1) is 16.7 Å². The van der Waals surface area contributed by atoms with Crippen molar-refractivity contribution in [1.29, 1.82) is 5.26 Å². The smallest absolute Gasteiger partial charge is 0.242 e. The van der Waals surface area contributed by atoms with Gasteiger partial charge in [-0.1, -0.05) is 13.8 Å². The van der Waals surface area contributed by atoms with Gasteiger partial charge in [0.1, 0.15) is 4.90 Å². The molecule has 1 aromatic carbocycles. The van der Waals surface area contributed by atoms with Gasteiger partial charge in [-0.3, -0.25) is 0 Å². The third-order valence-corrected chi connectivity index (χ3v) is 4.63. The van der Waals surface area contributed by atoms with Crippen LogP contribution in [-0.4, -0.2) is 28.7 Å². The van der Waals surface area contributed by atoms with E-state index in [1.54, 1.807) is 7.11 Å². The average molecular weight is 311 g/mol. The maximum Gasteiger partial charge on any atom is 0.242 e. The molecule has 0 aromatic heterocycles. The Morgan fingerprint density at radius 2 is 2.10 bits per heavy atom. The lowest BCUT2D eigenvalue weighted by atomic mass is 9.90. The molecule has 0 saturated heterocycles. The molecule has 0 aliphatic carbocycles. The van der Waals surface area contributed by atoms with Crippen molar-refractivity contribution in [3.8, 4) is 6.07 Å². The third-order valence-electron chi connectivity index (χ3n) is 3.15. The second-order valence-corrected chi connectivity index (χ2v) is 7.33. The first-order valence-electron chi connectivity index (χ1n) is 6.50. The summed E-state index contributed by atoms with van der Waals surface area (Å²) >= 11 is 0. The molecule has 6 nitrogen and oxygen atoms in total. The molecular weight excluding hydrogens is 290 g/mol. The Labute approximate surface area is 126 Å². The fraction of sp³-hybridized carbons (Fsp3) is 0.500. The third kappa shape index (κ3) is 5.01. The van der Waals surface area contributed by atoms with E-state index in [-0.39, 0.29) is 22.5 Å². The molecule has 21 heavy (non-hydrogen) atoms. The molecule has 1 rings (SSSR count). The van der Waals surface area contributed by atoms with Crippen molar-refractivity contribution in [1.82, 2.24) is 4.72 Å². The van der Waals surface area contributed by atoms with Crippen LogP contribution in [0.4, 0.5) is 5.69 Å². The molecule has 0 aliphatic heterocycles. The first-order valence-corrected chi connectivity index (χ1v) is 7.98. The van der Waals surface area contributed by atoms with Crippen molar-refractivity contribution in [3.05, 3.63) is 23.8 Å². The number of nitrogens with two attached hydrogens (primary N) is 1. The Morgan fingerprint density at radius 1 is 1.43 bits per heavy atom. The summed E-state index contributed by atoms with van der Waals surface area (Å²) in [6, 6.07) is 6.05. The number of benzene rings is 1. The number of hydrogen-bond acceptors (Lipinski definition) is 5. The highest BCUT2D eigenvalue weighted by molar-refractivity contribution is 7.89. The van der Waals surface area contributed by atoms with Gasteiger partial charge in [-0.15, -0.1) is 0 Å². The minimum absolute atomic E-state index is 0.0101. The molecule has 3 N–H and O–H groups in total. The van der Waals surface area contributed by atoms with Crippen molar-refractivity contribution in [3.63, 3.8) is 0 Å². The van der Waals surface area contributed by atoms with Crippen LogP contribution in [0.25, 0.3) is 0 Å². The Morgan fingerprint density at radius 3 is 2.62 bits per heavy atom. The number of nitrogen functional groups attached to an aromatic ring is 1. The predicted octanol–water partition coefficient (Wildman–Crippen LogP) is 1.48. The first kappa shape index (κ1) is 17.4. The number of anilines is 1. The number of methoxy groups -OCH3 is 1. The largest absolute Gasteiger partial charge is 0.398 e. The number of hydrogen-bond donors (Lipinski definition) is 2. The summed E-state index contributed by atoms with van der Waals surface area (Å²) in [7, 11) is -2.09. The minimum atomic E-state index is -3.70. The summed E-state index contributed by atoms with van der Waals surface area (Å²) in [6.45, 7) is 4.75. The lowest BCUT2D eigenvalue weighted by Crippen LogP contribution is -2.35. The summed E-state index contributed by atoms with van der Waals surface area (Å²) in [5, 5.41) is 8.77. The van der Waals surface area contributed by atoms with E-state index in [4.69, 9.17) is 15.7 Å². The van der Waals surface area contributed by atoms with Gasteiger partial charge in [0, 0.05) is 20.3 Å². The molecular formula is C14H21N3O3S. The molecule has 0 radical (unpaired) electrons. The monoisotopic (exact) mass is 311 g/mol. The van der Waals surface area contributed by atoms with Gasteiger partial charge in [-0.05, 0) is 30.0 Å². The molecule has 0 bridgehead atoms. The van der Waals surface area contributed by atoms with Crippen LogP contribution < -0.4 is 10.5 Å². The lowest BCUT2D eigenvalue weighted by molar-refractivity contribution is 0.153. The van der Waals surface area contributed by atoms with Crippen LogP contribution >= 0.6 is 0 Å². The van der Waals surface area contributed by atoms with Gasteiger partial charge in [-0.25, -0.2) is 13.1 Å². The zero-order chi connectivity index (χ0) is 16.1. The van der Waals surface area contributed by atoms with Gasteiger partial charge in [0.15, 0.2) is 0 Å². The van der Waals surface area contributed by atoms with Gasteiger partial charge < -0.3 is 10.5 Å². The van der Waals surface area contributed by atoms with Crippen molar-refractivity contribution in [2.75, 3.05) is 26.0 Å². The quantitative estimate of drug-likeness (QED) is 0.742. The molecule has 0 fully saturated rings. The number of nitrogens with zero attached hydrogens (tertiary/aromatic N) is 1. The molecule has 0 unspecified atom stereocenters. The summed E-state index contributed by atoms with van der Waals surface area (Å²) in [5.41, 5.74) is 5.87. The number of rotatable bonds is 7. The molecule has 0 heterocycles. The summed E-state index contributed by atoms with van der Waals surface area (Å²) in [5.74, 6) is 0. The molecule has 0 spiro atoms. The zero-order valence-corrected chi connectivity index (χ0v) is 13.3. The van der Waals surface area contributed by atoms with Crippen LogP contribution in [0.5, 0.6) is 0 Å². The van der Waals surface area contributed by atoms with E-state index in [0.717, 1.165) is 6.42 Å². The lowest BCUT2D eigenvalue weighted by Gasteiger charge is -2.24. The van der Waals surface area contributed by atoms with Crippen molar-refractivity contribution < 1.29 is 13.2 Å². The molecule has 1 aromatic rings.